The minimum atomic E-state index is -2.36. The fraction of sp³-hybridized carbons (Fsp3) is 0.588. The summed E-state index contributed by atoms with van der Waals surface area (Å²) in [6, 6.07) is 0. The number of carbonyl (C=O) groups excluding carboxylic acids is 6. The molecule has 246 valence electrons. The van der Waals surface area contributed by atoms with E-state index >= 15 is 0 Å². The van der Waals surface area contributed by atoms with Crippen LogP contribution in [-0.2, 0) is 57.2 Å². The molecule has 12 nitrogen and oxygen atoms in total. The number of ether oxygens (including phenoxy) is 6. The molecule has 0 radical (unpaired) electrons. The van der Waals surface area contributed by atoms with Gasteiger partial charge in [-0.3, -0.25) is 28.8 Å². The molecule has 4 heterocycles. The SMILES string of the molecule is CC(=O)O[C@@]1(C)C(=O)C2=CO[C@@]3(CCC[C@@H](C)O3)CC2=C(C2=C3C[C@]4(CCC[C@@H](C)O4)OC=C3C(=O)[C@@](C)(OC(C)=O)C2=O)C1=O. The molecule has 2 fully saturated rings. The molecule has 0 amide bonds. The second-order valence-corrected chi connectivity index (χ2v) is 13.4. The van der Waals surface area contributed by atoms with E-state index in [0.717, 1.165) is 39.5 Å². The van der Waals surface area contributed by atoms with E-state index in [1.54, 1.807) is 0 Å². The first-order chi connectivity index (χ1) is 21.5. The van der Waals surface area contributed by atoms with Crippen molar-refractivity contribution in [3.8, 4) is 0 Å². The molecular weight excluding hydrogens is 600 g/mol. The number of ketones is 4. The number of fused-ring (bicyclic) bond motifs is 2. The van der Waals surface area contributed by atoms with Gasteiger partial charge in [0.1, 0.15) is 0 Å². The third-order valence-electron chi connectivity index (χ3n) is 9.72. The van der Waals surface area contributed by atoms with E-state index in [4.69, 9.17) is 28.4 Å². The van der Waals surface area contributed by atoms with E-state index in [2.05, 4.69) is 0 Å². The lowest BCUT2D eigenvalue weighted by Crippen LogP contribution is -2.58. The highest BCUT2D eigenvalue weighted by molar-refractivity contribution is 6.36. The molecule has 2 saturated heterocycles. The van der Waals surface area contributed by atoms with Crippen LogP contribution in [0.3, 0.4) is 0 Å². The molecule has 0 aromatic heterocycles. The number of esters is 2. The van der Waals surface area contributed by atoms with Crippen LogP contribution in [0, 0.1) is 0 Å². The smallest absolute Gasteiger partial charge is 0.304 e. The van der Waals surface area contributed by atoms with Crippen LogP contribution in [0.4, 0.5) is 0 Å². The molecule has 2 spiro atoms. The Bertz CT molecular complexity index is 1490. The lowest BCUT2D eigenvalue weighted by atomic mass is 9.65. The number of hydrogen-bond acceptors (Lipinski definition) is 12. The number of hydrogen-bond donors (Lipinski definition) is 0. The summed E-state index contributed by atoms with van der Waals surface area (Å²) >= 11 is 0. The Labute approximate surface area is 266 Å². The molecule has 6 rings (SSSR count). The van der Waals surface area contributed by atoms with E-state index in [0.29, 0.717) is 12.8 Å². The Kier molecular flexibility index (Phi) is 7.55. The maximum Gasteiger partial charge on any atom is 0.304 e. The average molecular weight is 639 g/mol. The van der Waals surface area contributed by atoms with E-state index in [1.807, 2.05) is 13.8 Å². The van der Waals surface area contributed by atoms with Crippen molar-refractivity contribution in [1.82, 2.24) is 0 Å². The van der Waals surface area contributed by atoms with Gasteiger partial charge in [0.05, 0.1) is 35.9 Å². The van der Waals surface area contributed by atoms with Crippen molar-refractivity contribution >= 4 is 35.1 Å². The largest absolute Gasteiger partial charge is 0.469 e. The molecule has 4 aliphatic heterocycles. The Hall–Kier alpha value is -3.90. The molecule has 0 unspecified atom stereocenters. The van der Waals surface area contributed by atoms with E-state index in [9.17, 15) is 28.8 Å². The van der Waals surface area contributed by atoms with Gasteiger partial charge in [-0.25, -0.2) is 0 Å². The normalized spacial score (nSPS) is 37.6. The zero-order valence-corrected chi connectivity index (χ0v) is 26.9. The Morgan fingerprint density at radius 1 is 0.674 bits per heavy atom. The second-order valence-electron chi connectivity index (χ2n) is 13.4. The van der Waals surface area contributed by atoms with E-state index in [-0.39, 0.29) is 58.5 Å². The minimum absolute atomic E-state index is 0.0624. The molecule has 0 aromatic rings. The monoisotopic (exact) mass is 638 g/mol. The van der Waals surface area contributed by atoms with Crippen LogP contribution in [0.25, 0.3) is 0 Å². The van der Waals surface area contributed by atoms with Gasteiger partial charge < -0.3 is 28.4 Å². The molecule has 0 bridgehead atoms. The summed E-state index contributed by atoms with van der Waals surface area (Å²) in [6.45, 7) is 8.26. The molecule has 2 aliphatic carbocycles. The predicted octanol–water partition coefficient (Wildman–Crippen LogP) is 3.71. The highest BCUT2D eigenvalue weighted by Gasteiger charge is 2.61. The van der Waals surface area contributed by atoms with Gasteiger partial charge >= 0.3 is 11.9 Å². The zero-order chi connectivity index (χ0) is 33.4. The highest BCUT2D eigenvalue weighted by atomic mass is 16.7. The lowest BCUT2D eigenvalue weighted by molar-refractivity contribution is -0.255. The minimum Gasteiger partial charge on any atom is -0.469 e. The van der Waals surface area contributed by atoms with Crippen molar-refractivity contribution in [3.05, 3.63) is 46.0 Å². The maximum atomic E-state index is 14.7. The number of Topliss-reactive ketones (excluding diaryl/α,β-unsaturated/α-hetero) is 4. The summed E-state index contributed by atoms with van der Waals surface area (Å²) in [6.07, 6.45) is 5.81. The Morgan fingerprint density at radius 2 is 1.04 bits per heavy atom. The third kappa shape index (κ3) is 4.88. The van der Waals surface area contributed by atoms with Crippen molar-refractivity contribution in [2.45, 2.75) is 128 Å². The van der Waals surface area contributed by atoms with Gasteiger partial charge in [0.15, 0.2) is 0 Å². The third-order valence-corrected chi connectivity index (χ3v) is 9.72. The molecule has 0 N–H and O–H groups in total. The van der Waals surface area contributed by atoms with Gasteiger partial charge in [-0.2, -0.15) is 0 Å². The Balaban J connectivity index is 1.65. The van der Waals surface area contributed by atoms with Gasteiger partial charge in [-0.1, -0.05) is 0 Å². The summed E-state index contributed by atoms with van der Waals surface area (Å²) < 4.78 is 35.4. The fourth-order valence-corrected chi connectivity index (χ4v) is 7.60. The quantitative estimate of drug-likeness (QED) is 0.327. The average Bonchev–Trinajstić information content (AvgIpc) is 2.96. The van der Waals surface area contributed by atoms with Crippen LogP contribution in [0.5, 0.6) is 0 Å². The van der Waals surface area contributed by atoms with Crippen LogP contribution >= 0.6 is 0 Å². The molecular formula is C34H38O12. The highest BCUT2D eigenvalue weighted by Crippen LogP contribution is 2.52. The standard InChI is InChI=1S/C34H38O12/c1-17-9-7-11-33(43-17)13-21-23(15-41-33)27(37)31(5,45-19(3)35)29(39)25(21)26-22-14-34(12-8-10-18(2)44-34)42-16-24(22)28(38)32(6,30(26)40)46-20(4)36/h15-18H,7-14H2,1-6H3/t17-,18-,31-,32+,33-,34-/m1/s1. The maximum absolute atomic E-state index is 14.7. The van der Waals surface area contributed by atoms with Crippen LogP contribution < -0.4 is 0 Å². The van der Waals surface area contributed by atoms with Crippen molar-refractivity contribution in [3.63, 3.8) is 0 Å². The molecule has 0 saturated carbocycles. The van der Waals surface area contributed by atoms with Crippen LogP contribution in [-0.4, -0.2) is 70.1 Å². The fourth-order valence-electron chi connectivity index (χ4n) is 7.60. The number of carbonyl (C=O) groups is 6. The van der Waals surface area contributed by atoms with Gasteiger partial charge in [0.2, 0.25) is 45.9 Å². The molecule has 12 heteroatoms. The zero-order valence-electron chi connectivity index (χ0n) is 26.9. The van der Waals surface area contributed by atoms with Gasteiger partial charge in [-0.05, 0) is 64.5 Å². The van der Waals surface area contributed by atoms with Crippen LogP contribution in [0.1, 0.15) is 92.9 Å². The molecule has 6 aliphatic rings. The first-order valence-electron chi connectivity index (χ1n) is 15.7. The summed E-state index contributed by atoms with van der Waals surface area (Å²) in [5.74, 6) is -7.79. The molecule has 6 atom stereocenters. The Morgan fingerprint density at radius 3 is 1.37 bits per heavy atom. The van der Waals surface area contributed by atoms with Crippen molar-refractivity contribution in [2.24, 2.45) is 0 Å². The van der Waals surface area contributed by atoms with Crippen molar-refractivity contribution < 1.29 is 57.2 Å². The molecule has 46 heavy (non-hydrogen) atoms. The topological polar surface area (TPSA) is 158 Å². The summed E-state index contributed by atoms with van der Waals surface area (Å²) in [5, 5.41) is 0. The second kappa shape index (κ2) is 10.8. The van der Waals surface area contributed by atoms with Gasteiger partial charge in [-0.15, -0.1) is 0 Å². The summed E-state index contributed by atoms with van der Waals surface area (Å²) in [5.41, 5.74) is -4.98. The first kappa shape index (κ1) is 32.1. The van der Waals surface area contributed by atoms with Crippen LogP contribution in [0.2, 0.25) is 0 Å². The predicted molar refractivity (Wildman–Crippen MR) is 156 cm³/mol. The van der Waals surface area contributed by atoms with E-state index < -0.39 is 57.8 Å². The summed E-state index contributed by atoms with van der Waals surface area (Å²) in [7, 11) is 0. The first-order valence-corrected chi connectivity index (χ1v) is 15.7. The number of rotatable bonds is 3. The molecule has 0 aromatic carbocycles. The lowest BCUT2D eigenvalue weighted by Gasteiger charge is -2.47. The van der Waals surface area contributed by atoms with Crippen molar-refractivity contribution in [2.75, 3.05) is 0 Å². The van der Waals surface area contributed by atoms with Crippen LogP contribution in [0.15, 0.2) is 46.0 Å². The van der Waals surface area contributed by atoms with E-state index in [1.165, 1.54) is 26.4 Å². The van der Waals surface area contributed by atoms with Gasteiger partial charge in [0, 0.05) is 50.7 Å². The van der Waals surface area contributed by atoms with Gasteiger partial charge in [0.25, 0.3) is 0 Å². The van der Waals surface area contributed by atoms with Crippen molar-refractivity contribution in [1.29, 1.82) is 0 Å². The summed E-state index contributed by atoms with van der Waals surface area (Å²) in [4.78, 5) is 81.9.